The van der Waals surface area contributed by atoms with Gasteiger partial charge in [-0.2, -0.15) is 0 Å². The minimum atomic E-state index is 0.133. The number of carbonyl (C=O) groups is 2. The van der Waals surface area contributed by atoms with Gasteiger partial charge in [-0.15, -0.1) is 0 Å². The first kappa shape index (κ1) is 19.9. The number of nitrogens with zero attached hydrogens (tertiary/aromatic N) is 1. The van der Waals surface area contributed by atoms with Crippen molar-refractivity contribution in [1.29, 1.82) is 0 Å². The highest BCUT2D eigenvalue weighted by Gasteiger charge is 2.46. The molecule has 4 nitrogen and oxygen atoms in total. The number of nitrogens with one attached hydrogen (secondary N) is 1. The largest absolute Gasteiger partial charge is 0.354 e. The van der Waals surface area contributed by atoms with Crippen LogP contribution < -0.4 is 5.32 Å². The summed E-state index contributed by atoms with van der Waals surface area (Å²) < 4.78 is 0. The average Bonchev–Trinajstić information content (AvgIpc) is 2.88. The second-order valence-electron chi connectivity index (χ2n) is 9.17. The van der Waals surface area contributed by atoms with Crippen molar-refractivity contribution in [2.45, 2.75) is 77.2 Å². The molecule has 1 heterocycles. The van der Waals surface area contributed by atoms with E-state index in [1.54, 1.807) is 0 Å². The molecule has 1 aromatic carbocycles. The third-order valence-corrected chi connectivity index (χ3v) is 6.15. The first-order valence-corrected chi connectivity index (χ1v) is 10.5. The number of hydrogen-bond acceptors (Lipinski definition) is 2. The molecule has 4 heteroatoms. The van der Waals surface area contributed by atoms with E-state index in [9.17, 15) is 9.59 Å². The highest BCUT2D eigenvalue weighted by Crippen LogP contribution is 2.52. The van der Waals surface area contributed by atoms with E-state index in [0.717, 1.165) is 32.4 Å². The van der Waals surface area contributed by atoms with Crippen molar-refractivity contribution in [3.05, 3.63) is 35.4 Å². The van der Waals surface area contributed by atoms with Gasteiger partial charge in [-0.3, -0.25) is 9.59 Å². The van der Waals surface area contributed by atoms with Gasteiger partial charge in [0.2, 0.25) is 11.8 Å². The summed E-state index contributed by atoms with van der Waals surface area (Å²) >= 11 is 0. The Morgan fingerprint density at radius 2 is 1.81 bits per heavy atom. The molecule has 1 aliphatic heterocycles. The van der Waals surface area contributed by atoms with E-state index in [2.05, 4.69) is 43.4 Å². The van der Waals surface area contributed by atoms with Crippen molar-refractivity contribution in [2.24, 2.45) is 5.92 Å². The van der Waals surface area contributed by atoms with Crippen LogP contribution >= 0.6 is 0 Å². The van der Waals surface area contributed by atoms with E-state index in [0.29, 0.717) is 24.7 Å². The zero-order chi connectivity index (χ0) is 19.6. The molecule has 1 fully saturated rings. The van der Waals surface area contributed by atoms with Crippen LogP contribution in [0.15, 0.2) is 24.3 Å². The molecular weight excluding hydrogens is 336 g/mol. The lowest BCUT2D eigenvalue weighted by atomic mass is 9.73. The summed E-state index contributed by atoms with van der Waals surface area (Å²) in [7, 11) is 0. The lowest BCUT2D eigenvalue weighted by Gasteiger charge is -2.40. The van der Waals surface area contributed by atoms with Crippen molar-refractivity contribution >= 4 is 11.8 Å². The number of benzene rings is 1. The number of fused-ring (bicyclic) bond motifs is 2. The van der Waals surface area contributed by atoms with Crippen molar-refractivity contribution in [2.75, 3.05) is 13.1 Å². The number of piperidine rings is 1. The van der Waals surface area contributed by atoms with Gasteiger partial charge in [-0.05, 0) is 61.5 Å². The van der Waals surface area contributed by atoms with Gasteiger partial charge < -0.3 is 10.2 Å². The normalized spacial score (nSPS) is 21.0. The molecule has 1 aromatic rings. The fourth-order valence-electron chi connectivity index (χ4n) is 4.95. The fourth-order valence-corrected chi connectivity index (χ4v) is 4.95. The van der Waals surface area contributed by atoms with E-state index in [-0.39, 0.29) is 23.3 Å². The Kier molecular flexibility index (Phi) is 5.92. The number of likely N-dealkylation sites (tertiary alicyclic amines) is 1. The summed E-state index contributed by atoms with van der Waals surface area (Å²) in [5.41, 5.74) is 2.90. The van der Waals surface area contributed by atoms with Gasteiger partial charge in [-0.25, -0.2) is 0 Å². The molecule has 1 atom stereocenters. The Morgan fingerprint density at radius 3 is 2.44 bits per heavy atom. The van der Waals surface area contributed by atoms with E-state index < -0.39 is 0 Å². The monoisotopic (exact) mass is 370 g/mol. The lowest BCUT2D eigenvalue weighted by Crippen LogP contribution is -2.44. The van der Waals surface area contributed by atoms with Crippen LogP contribution in [0.1, 0.15) is 76.8 Å². The Labute approximate surface area is 163 Å². The van der Waals surface area contributed by atoms with Crippen molar-refractivity contribution in [3.63, 3.8) is 0 Å². The van der Waals surface area contributed by atoms with Crippen LogP contribution in [0.5, 0.6) is 0 Å². The van der Waals surface area contributed by atoms with Gasteiger partial charge in [-0.1, -0.05) is 38.1 Å². The van der Waals surface area contributed by atoms with Crippen LogP contribution in [0.2, 0.25) is 0 Å². The molecule has 1 spiro atoms. The molecule has 27 heavy (non-hydrogen) atoms. The summed E-state index contributed by atoms with van der Waals surface area (Å²) in [5, 5.41) is 3.04. The summed E-state index contributed by atoms with van der Waals surface area (Å²) in [5.74, 6) is 1.13. The van der Waals surface area contributed by atoms with E-state index in [4.69, 9.17) is 0 Å². The third-order valence-electron chi connectivity index (χ3n) is 6.15. The maximum atomic E-state index is 12.4. The maximum absolute atomic E-state index is 12.4. The SMILES string of the molecule is CC(C)CC(=O)N1CCC2(CC1)C[C@@H](CC(=O)NC(C)C)c1ccccc12. The molecule has 3 rings (SSSR count). The van der Waals surface area contributed by atoms with Crippen molar-refractivity contribution in [1.82, 2.24) is 10.2 Å². The smallest absolute Gasteiger partial charge is 0.222 e. The van der Waals surface area contributed by atoms with Crippen LogP contribution in [0.4, 0.5) is 0 Å². The molecule has 0 saturated carbocycles. The molecule has 148 valence electrons. The molecule has 1 aliphatic carbocycles. The van der Waals surface area contributed by atoms with Crippen molar-refractivity contribution in [3.8, 4) is 0 Å². The highest BCUT2D eigenvalue weighted by molar-refractivity contribution is 5.78. The number of rotatable bonds is 5. The van der Waals surface area contributed by atoms with Gasteiger partial charge in [0.15, 0.2) is 0 Å². The zero-order valence-electron chi connectivity index (χ0n) is 17.3. The zero-order valence-corrected chi connectivity index (χ0v) is 17.3. The maximum Gasteiger partial charge on any atom is 0.222 e. The molecule has 0 unspecified atom stereocenters. The Bertz CT molecular complexity index is 687. The van der Waals surface area contributed by atoms with Gasteiger partial charge in [0.05, 0.1) is 0 Å². The van der Waals surface area contributed by atoms with E-state index in [1.807, 2.05) is 18.7 Å². The molecule has 2 amide bonds. The lowest BCUT2D eigenvalue weighted by molar-refractivity contribution is -0.133. The topological polar surface area (TPSA) is 49.4 Å². The molecule has 0 bridgehead atoms. The molecule has 0 aromatic heterocycles. The summed E-state index contributed by atoms with van der Waals surface area (Å²) in [4.78, 5) is 26.9. The van der Waals surface area contributed by atoms with Crippen LogP contribution in [0.3, 0.4) is 0 Å². The second kappa shape index (κ2) is 8.04. The van der Waals surface area contributed by atoms with Gasteiger partial charge in [0.25, 0.3) is 0 Å². The predicted molar refractivity (Wildman–Crippen MR) is 109 cm³/mol. The first-order valence-electron chi connectivity index (χ1n) is 10.5. The minimum Gasteiger partial charge on any atom is -0.354 e. The summed E-state index contributed by atoms with van der Waals surface area (Å²) in [6.07, 6.45) is 4.25. The average molecular weight is 371 g/mol. The van der Waals surface area contributed by atoms with E-state index >= 15 is 0 Å². The fraction of sp³-hybridized carbons (Fsp3) is 0.652. The number of amides is 2. The van der Waals surface area contributed by atoms with Gasteiger partial charge in [0.1, 0.15) is 0 Å². The van der Waals surface area contributed by atoms with Crippen LogP contribution in [-0.2, 0) is 15.0 Å². The highest BCUT2D eigenvalue weighted by atomic mass is 16.2. The van der Waals surface area contributed by atoms with Crippen LogP contribution in [0.25, 0.3) is 0 Å². The molecule has 0 radical (unpaired) electrons. The minimum absolute atomic E-state index is 0.133. The van der Waals surface area contributed by atoms with Gasteiger partial charge in [0, 0.05) is 32.0 Å². The second-order valence-corrected chi connectivity index (χ2v) is 9.17. The number of hydrogen-bond donors (Lipinski definition) is 1. The Hall–Kier alpha value is -1.84. The van der Waals surface area contributed by atoms with Gasteiger partial charge >= 0.3 is 0 Å². The Morgan fingerprint density at radius 1 is 1.15 bits per heavy atom. The van der Waals surface area contributed by atoms with E-state index in [1.165, 1.54) is 11.1 Å². The number of carbonyl (C=O) groups excluding carboxylic acids is 2. The first-order chi connectivity index (χ1) is 12.8. The standard InChI is InChI=1S/C23H34N2O2/c1-16(2)13-22(27)25-11-9-23(10-12-25)15-18(14-21(26)24-17(3)4)19-7-5-6-8-20(19)23/h5-8,16-18H,9-15H2,1-4H3,(H,24,26)/t18-/m1/s1. The van der Waals surface area contributed by atoms with Crippen LogP contribution in [-0.4, -0.2) is 35.8 Å². The molecule has 2 aliphatic rings. The quantitative estimate of drug-likeness (QED) is 0.852. The molecule has 1 N–H and O–H groups in total. The van der Waals surface area contributed by atoms with Crippen LogP contribution in [0, 0.1) is 5.92 Å². The molecule has 1 saturated heterocycles. The summed E-state index contributed by atoms with van der Waals surface area (Å²) in [6, 6.07) is 8.84. The summed E-state index contributed by atoms with van der Waals surface area (Å²) in [6.45, 7) is 9.89. The van der Waals surface area contributed by atoms with Crippen molar-refractivity contribution < 1.29 is 9.59 Å². The third kappa shape index (κ3) is 4.36. The Balaban J connectivity index is 1.72. The molecular formula is C23H34N2O2. The predicted octanol–water partition coefficient (Wildman–Crippen LogP) is 3.99.